The lowest BCUT2D eigenvalue weighted by atomic mass is 10.2. The minimum atomic E-state index is -0.643. The number of H-pyrrole nitrogens is 1. The van der Waals surface area contributed by atoms with E-state index in [2.05, 4.69) is 20.6 Å². The highest BCUT2D eigenvalue weighted by atomic mass is 32.1. The number of carbonyl (C=O) groups excluding carboxylic acids is 2. The summed E-state index contributed by atoms with van der Waals surface area (Å²) in [6.45, 7) is 3.50. The zero-order valence-electron chi connectivity index (χ0n) is 14.5. The minimum Gasteiger partial charge on any atom is -0.345 e. The van der Waals surface area contributed by atoms with Crippen LogP contribution >= 0.6 is 11.3 Å². The van der Waals surface area contributed by atoms with Crippen LogP contribution in [-0.4, -0.2) is 27.8 Å². The van der Waals surface area contributed by atoms with Crippen molar-refractivity contribution >= 4 is 23.2 Å². The molecule has 0 saturated carbocycles. The van der Waals surface area contributed by atoms with Crippen molar-refractivity contribution in [3.05, 3.63) is 64.7 Å². The molecule has 0 aliphatic rings. The summed E-state index contributed by atoms with van der Waals surface area (Å²) < 4.78 is 0. The molecule has 7 heteroatoms. The number of nitrogens with one attached hydrogen (secondary N) is 3. The maximum absolute atomic E-state index is 12.3. The number of benzene rings is 1. The lowest BCUT2D eigenvalue weighted by Crippen LogP contribution is -2.45. The van der Waals surface area contributed by atoms with E-state index in [1.807, 2.05) is 42.6 Å². The maximum Gasteiger partial charge on any atom is 0.261 e. The number of carbonyl (C=O) groups is 2. The van der Waals surface area contributed by atoms with Crippen LogP contribution in [0.4, 0.5) is 0 Å². The van der Waals surface area contributed by atoms with Gasteiger partial charge in [0.2, 0.25) is 5.91 Å². The minimum absolute atomic E-state index is 0.250. The van der Waals surface area contributed by atoms with Gasteiger partial charge in [-0.1, -0.05) is 36.4 Å². The van der Waals surface area contributed by atoms with Gasteiger partial charge in [-0.2, -0.15) is 0 Å². The Morgan fingerprint density at radius 1 is 1.08 bits per heavy atom. The van der Waals surface area contributed by atoms with Gasteiger partial charge in [0.25, 0.3) is 5.91 Å². The van der Waals surface area contributed by atoms with Gasteiger partial charge in [-0.25, -0.2) is 4.98 Å². The fourth-order valence-electron chi connectivity index (χ4n) is 2.47. The topological polar surface area (TPSA) is 86.9 Å². The first-order valence-corrected chi connectivity index (χ1v) is 9.17. The Morgan fingerprint density at radius 3 is 2.54 bits per heavy atom. The second kappa shape index (κ2) is 7.97. The molecule has 26 heavy (non-hydrogen) atoms. The normalized spacial score (nSPS) is 13.0. The number of rotatable bonds is 6. The van der Waals surface area contributed by atoms with E-state index in [1.54, 1.807) is 25.3 Å². The van der Waals surface area contributed by atoms with Gasteiger partial charge < -0.3 is 15.6 Å². The van der Waals surface area contributed by atoms with E-state index in [0.29, 0.717) is 10.7 Å². The molecule has 2 aromatic heterocycles. The number of hydrogen-bond donors (Lipinski definition) is 3. The molecular formula is C19H20N4O2S. The molecule has 0 fully saturated rings. The summed E-state index contributed by atoms with van der Waals surface area (Å²) in [6, 6.07) is 12.4. The molecule has 0 bridgehead atoms. The van der Waals surface area contributed by atoms with Gasteiger partial charge in [0, 0.05) is 0 Å². The van der Waals surface area contributed by atoms with Gasteiger partial charge in [0.1, 0.15) is 11.9 Å². The SMILES string of the molecule is C[C@H](NC(=O)c1cccs1)C(=O)N[C@H](C)c1ncc(-c2ccccc2)[nH]1. The monoisotopic (exact) mass is 368 g/mol. The third kappa shape index (κ3) is 4.18. The molecule has 2 amide bonds. The Bertz CT molecular complexity index is 874. The smallest absolute Gasteiger partial charge is 0.261 e. The van der Waals surface area contributed by atoms with Crippen molar-refractivity contribution in [1.82, 2.24) is 20.6 Å². The Labute approximate surface area is 155 Å². The number of thiophene rings is 1. The van der Waals surface area contributed by atoms with E-state index in [4.69, 9.17) is 0 Å². The molecule has 0 unspecified atom stereocenters. The number of aromatic amines is 1. The first-order valence-electron chi connectivity index (χ1n) is 8.29. The Hall–Kier alpha value is -2.93. The van der Waals surface area contributed by atoms with Gasteiger partial charge in [0.05, 0.1) is 22.8 Å². The Balaban J connectivity index is 1.59. The number of hydrogen-bond acceptors (Lipinski definition) is 4. The summed E-state index contributed by atoms with van der Waals surface area (Å²) in [5.41, 5.74) is 1.92. The Kier molecular flexibility index (Phi) is 5.48. The second-order valence-corrected chi connectivity index (χ2v) is 6.90. The predicted molar refractivity (Wildman–Crippen MR) is 102 cm³/mol. The molecule has 3 N–H and O–H groups in total. The molecule has 0 saturated heterocycles. The molecule has 2 atom stereocenters. The van der Waals surface area contributed by atoms with Crippen LogP contribution < -0.4 is 10.6 Å². The number of imidazole rings is 1. The van der Waals surface area contributed by atoms with Crippen molar-refractivity contribution in [3.63, 3.8) is 0 Å². The predicted octanol–water partition coefficient (Wildman–Crippen LogP) is 3.13. The van der Waals surface area contributed by atoms with Crippen LogP contribution in [0.2, 0.25) is 0 Å². The summed E-state index contributed by atoms with van der Waals surface area (Å²) in [5, 5.41) is 7.39. The van der Waals surface area contributed by atoms with Gasteiger partial charge in [-0.05, 0) is 30.9 Å². The van der Waals surface area contributed by atoms with Crippen molar-refractivity contribution in [2.45, 2.75) is 25.9 Å². The lowest BCUT2D eigenvalue weighted by molar-refractivity contribution is -0.123. The van der Waals surface area contributed by atoms with Crippen molar-refractivity contribution in [1.29, 1.82) is 0 Å². The summed E-state index contributed by atoms with van der Waals surface area (Å²) in [5.74, 6) is 0.147. The van der Waals surface area contributed by atoms with Gasteiger partial charge >= 0.3 is 0 Å². The molecule has 0 aliphatic carbocycles. The van der Waals surface area contributed by atoms with Gasteiger partial charge in [0.15, 0.2) is 0 Å². The standard InChI is InChI=1S/C19H20N4O2S/c1-12(17-20-11-15(23-17)14-7-4-3-5-8-14)21-18(24)13(2)22-19(25)16-9-6-10-26-16/h3-13H,1-2H3,(H,20,23)(H,21,24)(H,22,25)/t12-,13+/m1/s1. The molecule has 6 nitrogen and oxygen atoms in total. The molecule has 0 radical (unpaired) electrons. The molecule has 0 spiro atoms. The summed E-state index contributed by atoms with van der Waals surface area (Å²) in [7, 11) is 0. The summed E-state index contributed by atoms with van der Waals surface area (Å²) in [6.07, 6.45) is 1.75. The molecule has 0 aliphatic heterocycles. The fourth-order valence-corrected chi connectivity index (χ4v) is 3.10. The average molecular weight is 368 g/mol. The number of amides is 2. The lowest BCUT2D eigenvalue weighted by Gasteiger charge is -2.17. The van der Waals surface area contributed by atoms with Crippen LogP contribution in [0.15, 0.2) is 54.0 Å². The van der Waals surface area contributed by atoms with Gasteiger partial charge in [-0.15, -0.1) is 11.3 Å². The quantitative estimate of drug-likeness (QED) is 0.625. The highest BCUT2D eigenvalue weighted by molar-refractivity contribution is 7.12. The van der Waals surface area contributed by atoms with Gasteiger partial charge in [-0.3, -0.25) is 9.59 Å². The van der Waals surface area contributed by atoms with Crippen LogP contribution in [0.3, 0.4) is 0 Å². The van der Waals surface area contributed by atoms with Crippen LogP contribution in [-0.2, 0) is 4.79 Å². The summed E-state index contributed by atoms with van der Waals surface area (Å²) in [4.78, 5) is 32.5. The summed E-state index contributed by atoms with van der Waals surface area (Å²) >= 11 is 1.34. The average Bonchev–Trinajstić information content (AvgIpc) is 3.34. The highest BCUT2D eigenvalue weighted by Crippen LogP contribution is 2.18. The van der Waals surface area contributed by atoms with Crippen molar-refractivity contribution in [2.24, 2.45) is 0 Å². The zero-order valence-corrected chi connectivity index (χ0v) is 15.3. The van der Waals surface area contributed by atoms with Crippen molar-refractivity contribution in [3.8, 4) is 11.3 Å². The van der Waals surface area contributed by atoms with E-state index in [9.17, 15) is 9.59 Å². The van der Waals surface area contributed by atoms with E-state index < -0.39 is 6.04 Å². The maximum atomic E-state index is 12.3. The van der Waals surface area contributed by atoms with E-state index >= 15 is 0 Å². The Morgan fingerprint density at radius 2 is 1.85 bits per heavy atom. The number of nitrogens with zero attached hydrogens (tertiary/aromatic N) is 1. The van der Waals surface area contributed by atoms with E-state index in [-0.39, 0.29) is 17.9 Å². The van der Waals surface area contributed by atoms with E-state index in [1.165, 1.54) is 11.3 Å². The molecule has 134 valence electrons. The molecule has 3 aromatic rings. The third-order valence-electron chi connectivity index (χ3n) is 3.94. The fraction of sp³-hybridized carbons (Fsp3) is 0.211. The van der Waals surface area contributed by atoms with Crippen molar-refractivity contribution in [2.75, 3.05) is 0 Å². The van der Waals surface area contributed by atoms with E-state index in [0.717, 1.165) is 11.3 Å². The molecule has 2 heterocycles. The second-order valence-electron chi connectivity index (χ2n) is 5.95. The molecule has 1 aromatic carbocycles. The number of aromatic nitrogens is 2. The first kappa shape index (κ1) is 17.9. The highest BCUT2D eigenvalue weighted by Gasteiger charge is 2.20. The zero-order chi connectivity index (χ0) is 18.5. The molecule has 3 rings (SSSR count). The van der Waals surface area contributed by atoms with Crippen LogP contribution in [0.5, 0.6) is 0 Å². The first-order chi connectivity index (χ1) is 12.5. The van der Waals surface area contributed by atoms with Crippen LogP contribution in [0.1, 0.15) is 35.4 Å². The largest absolute Gasteiger partial charge is 0.345 e. The third-order valence-corrected chi connectivity index (χ3v) is 4.80. The molecular weight excluding hydrogens is 348 g/mol. The van der Waals surface area contributed by atoms with Crippen LogP contribution in [0.25, 0.3) is 11.3 Å². The van der Waals surface area contributed by atoms with Crippen LogP contribution in [0, 0.1) is 0 Å². The van der Waals surface area contributed by atoms with Crippen molar-refractivity contribution < 1.29 is 9.59 Å².